The molecule has 2 aromatic heterocycles. The highest BCUT2D eigenvalue weighted by atomic mass is 16.5. The molecule has 0 atom stereocenters. The van der Waals surface area contributed by atoms with Gasteiger partial charge < -0.3 is 4.52 Å². The van der Waals surface area contributed by atoms with E-state index in [1.54, 1.807) is 6.20 Å². The normalized spacial score (nSPS) is 11.4. The molecule has 0 fully saturated rings. The minimum Gasteiger partial charge on any atom is -0.336 e. The van der Waals surface area contributed by atoms with Gasteiger partial charge in [0.2, 0.25) is 0 Å². The average Bonchev–Trinajstić information content (AvgIpc) is 2.48. The number of aryl methyl sites for hydroxylation is 1. The van der Waals surface area contributed by atoms with E-state index in [0.29, 0.717) is 11.6 Å². The second-order valence-corrected chi connectivity index (χ2v) is 3.50. The molecule has 0 saturated heterocycles. The third-order valence-electron chi connectivity index (χ3n) is 2.20. The van der Waals surface area contributed by atoms with E-state index in [4.69, 9.17) is 4.52 Å². The summed E-state index contributed by atoms with van der Waals surface area (Å²) >= 11 is 0. The Bertz CT molecular complexity index is 431. The summed E-state index contributed by atoms with van der Waals surface area (Å²) in [6.07, 6.45) is 1.77. The Morgan fingerprint density at radius 3 is 2.85 bits per heavy atom. The third-order valence-corrected chi connectivity index (χ3v) is 2.20. The fraction of sp³-hybridized carbons (Fsp3) is 0.400. The van der Waals surface area contributed by atoms with Crippen molar-refractivity contribution >= 4 is 11.1 Å². The Labute approximate surface area is 76.8 Å². The second-order valence-electron chi connectivity index (χ2n) is 3.50. The lowest BCUT2D eigenvalue weighted by molar-refractivity contribution is 0.443. The molecule has 0 spiro atoms. The van der Waals surface area contributed by atoms with Gasteiger partial charge in [0, 0.05) is 6.20 Å². The Balaban J connectivity index is 2.80. The van der Waals surface area contributed by atoms with Crippen LogP contribution in [0.5, 0.6) is 0 Å². The van der Waals surface area contributed by atoms with Crippen molar-refractivity contribution in [3.63, 3.8) is 0 Å². The average molecular weight is 176 g/mol. The number of hydrogen-bond donors (Lipinski definition) is 0. The van der Waals surface area contributed by atoms with E-state index in [1.807, 2.05) is 13.0 Å². The predicted molar refractivity (Wildman–Crippen MR) is 50.6 cm³/mol. The third kappa shape index (κ3) is 1.20. The van der Waals surface area contributed by atoms with Crippen molar-refractivity contribution in [3.05, 3.63) is 23.5 Å². The largest absolute Gasteiger partial charge is 0.336 e. The van der Waals surface area contributed by atoms with Crippen LogP contribution in [-0.2, 0) is 0 Å². The number of hydrogen-bond acceptors (Lipinski definition) is 3. The summed E-state index contributed by atoms with van der Waals surface area (Å²) in [5, 5.41) is 4.97. The van der Waals surface area contributed by atoms with Crippen LogP contribution in [0.25, 0.3) is 11.1 Å². The molecule has 0 bridgehead atoms. The molecule has 13 heavy (non-hydrogen) atoms. The molecule has 3 heteroatoms. The highest BCUT2D eigenvalue weighted by molar-refractivity contribution is 5.80. The zero-order valence-electron chi connectivity index (χ0n) is 8.03. The molecule has 2 rings (SSSR count). The zero-order valence-corrected chi connectivity index (χ0v) is 8.03. The van der Waals surface area contributed by atoms with Crippen LogP contribution in [0.15, 0.2) is 16.8 Å². The van der Waals surface area contributed by atoms with E-state index in [-0.39, 0.29) is 0 Å². The predicted octanol–water partition coefficient (Wildman–Crippen LogP) is 2.65. The van der Waals surface area contributed by atoms with Crippen molar-refractivity contribution in [2.75, 3.05) is 0 Å². The summed E-state index contributed by atoms with van der Waals surface area (Å²) in [5.41, 5.74) is 2.82. The fourth-order valence-corrected chi connectivity index (χ4v) is 1.53. The summed E-state index contributed by atoms with van der Waals surface area (Å²) in [5.74, 6) is 0.476. The SMILES string of the molecule is Cc1noc2nccc(C(C)C)c12. The number of aromatic nitrogens is 2. The van der Waals surface area contributed by atoms with Crippen molar-refractivity contribution < 1.29 is 4.52 Å². The lowest BCUT2D eigenvalue weighted by atomic mass is 10.0. The van der Waals surface area contributed by atoms with Gasteiger partial charge in [-0.2, -0.15) is 0 Å². The van der Waals surface area contributed by atoms with Crippen molar-refractivity contribution in [3.8, 4) is 0 Å². The molecular formula is C10H12N2O. The van der Waals surface area contributed by atoms with E-state index in [0.717, 1.165) is 11.1 Å². The molecule has 2 heterocycles. The highest BCUT2D eigenvalue weighted by Crippen LogP contribution is 2.25. The Kier molecular flexibility index (Phi) is 1.79. The Morgan fingerprint density at radius 1 is 1.38 bits per heavy atom. The molecule has 0 amide bonds. The molecule has 0 saturated carbocycles. The quantitative estimate of drug-likeness (QED) is 0.670. The van der Waals surface area contributed by atoms with Gasteiger partial charge in [0.25, 0.3) is 5.71 Å². The molecule has 0 N–H and O–H groups in total. The second kappa shape index (κ2) is 2.83. The smallest absolute Gasteiger partial charge is 0.258 e. The van der Waals surface area contributed by atoms with Crippen LogP contribution in [0, 0.1) is 6.92 Å². The summed E-state index contributed by atoms with van der Waals surface area (Å²) in [4.78, 5) is 4.12. The highest BCUT2D eigenvalue weighted by Gasteiger charge is 2.11. The molecule has 0 aliphatic heterocycles. The van der Waals surface area contributed by atoms with Crippen LogP contribution in [0.3, 0.4) is 0 Å². The molecule has 2 aromatic rings. The van der Waals surface area contributed by atoms with Crippen LogP contribution in [0.2, 0.25) is 0 Å². The first-order chi connectivity index (χ1) is 6.20. The fourth-order valence-electron chi connectivity index (χ4n) is 1.53. The molecule has 0 aromatic carbocycles. The van der Waals surface area contributed by atoms with E-state index < -0.39 is 0 Å². The summed E-state index contributed by atoms with van der Waals surface area (Å²) in [7, 11) is 0. The maximum absolute atomic E-state index is 5.08. The molecule has 0 aliphatic carbocycles. The van der Waals surface area contributed by atoms with Crippen molar-refractivity contribution in [2.24, 2.45) is 0 Å². The zero-order chi connectivity index (χ0) is 9.42. The summed E-state index contributed by atoms with van der Waals surface area (Å²) in [6, 6.07) is 2.02. The number of rotatable bonds is 1. The number of fused-ring (bicyclic) bond motifs is 1. The minimum absolute atomic E-state index is 0.476. The van der Waals surface area contributed by atoms with Gasteiger partial charge >= 0.3 is 0 Å². The van der Waals surface area contributed by atoms with Crippen molar-refractivity contribution in [1.29, 1.82) is 0 Å². The van der Waals surface area contributed by atoms with E-state index >= 15 is 0 Å². The Hall–Kier alpha value is -1.38. The van der Waals surface area contributed by atoms with E-state index in [9.17, 15) is 0 Å². The lowest BCUT2D eigenvalue weighted by Crippen LogP contribution is -1.90. The minimum atomic E-state index is 0.476. The van der Waals surface area contributed by atoms with Gasteiger partial charge in [-0.1, -0.05) is 19.0 Å². The lowest BCUT2D eigenvalue weighted by Gasteiger charge is -2.04. The molecule has 3 nitrogen and oxygen atoms in total. The number of pyridine rings is 1. The van der Waals surface area contributed by atoms with Gasteiger partial charge in [-0.15, -0.1) is 0 Å². The number of nitrogens with zero attached hydrogens (tertiary/aromatic N) is 2. The standard InChI is InChI=1S/C10H12N2O/c1-6(2)8-4-5-11-10-9(8)7(3)12-13-10/h4-6H,1-3H3. The van der Waals surface area contributed by atoms with Crippen LogP contribution < -0.4 is 0 Å². The summed E-state index contributed by atoms with van der Waals surface area (Å²) in [6.45, 7) is 6.25. The van der Waals surface area contributed by atoms with Gasteiger partial charge in [0.15, 0.2) is 0 Å². The first-order valence-electron chi connectivity index (χ1n) is 4.41. The molecule has 68 valence electrons. The summed E-state index contributed by atoms with van der Waals surface area (Å²) < 4.78 is 5.08. The van der Waals surface area contributed by atoms with Crippen LogP contribution in [0.4, 0.5) is 0 Å². The molecule has 0 unspecified atom stereocenters. The maximum Gasteiger partial charge on any atom is 0.258 e. The molecule has 0 aliphatic rings. The van der Waals surface area contributed by atoms with Gasteiger partial charge in [0.1, 0.15) is 0 Å². The first-order valence-corrected chi connectivity index (χ1v) is 4.41. The first kappa shape index (κ1) is 8.23. The van der Waals surface area contributed by atoms with Crippen LogP contribution in [0.1, 0.15) is 31.0 Å². The van der Waals surface area contributed by atoms with Crippen molar-refractivity contribution in [2.45, 2.75) is 26.7 Å². The van der Waals surface area contributed by atoms with Crippen LogP contribution >= 0.6 is 0 Å². The van der Waals surface area contributed by atoms with E-state index in [2.05, 4.69) is 24.0 Å². The van der Waals surface area contributed by atoms with Crippen molar-refractivity contribution in [1.82, 2.24) is 10.1 Å². The van der Waals surface area contributed by atoms with Gasteiger partial charge in [-0.25, -0.2) is 4.98 Å². The molecular weight excluding hydrogens is 164 g/mol. The van der Waals surface area contributed by atoms with Gasteiger partial charge in [0.05, 0.1) is 11.1 Å². The molecule has 0 radical (unpaired) electrons. The van der Waals surface area contributed by atoms with E-state index in [1.165, 1.54) is 5.56 Å². The maximum atomic E-state index is 5.08. The van der Waals surface area contributed by atoms with Crippen LogP contribution in [-0.4, -0.2) is 10.1 Å². The Morgan fingerprint density at radius 2 is 2.15 bits per heavy atom. The van der Waals surface area contributed by atoms with Gasteiger partial charge in [-0.05, 0) is 24.5 Å². The monoisotopic (exact) mass is 176 g/mol. The van der Waals surface area contributed by atoms with Gasteiger partial charge in [-0.3, -0.25) is 0 Å². The topological polar surface area (TPSA) is 38.9 Å².